The maximum atomic E-state index is 13.1. The fourth-order valence-electron chi connectivity index (χ4n) is 2.39. The van der Waals surface area contributed by atoms with Crippen molar-refractivity contribution in [1.82, 2.24) is 5.32 Å². The van der Waals surface area contributed by atoms with Crippen molar-refractivity contribution in [2.45, 2.75) is 26.1 Å². The molecule has 1 aromatic carbocycles. The van der Waals surface area contributed by atoms with Crippen molar-refractivity contribution < 1.29 is 23.0 Å². The number of carbonyl (C=O) groups excluding carboxylic acids is 1. The number of halogens is 2. The summed E-state index contributed by atoms with van der Waals surface area (Å²) in [5.41, 5.74) is 0.0979. The monoisotopic (exact) mass is 299 g/mol. The zero-order valence-corrected chi connectivity index (χ0v) is 12.1. The first-order valence-electron chi connectivity index (χ1n) is 6.91. The minimum Gasteiger partial charge on any atom is -0.352 e. The van der Waals surface area contributed by atoms with Gasteiger partial charge >= 0.3 is 0 Å². The lowest BCUT2D eigenvalue weighted by molar-refractivity contribution is -0.153. The molecule has 0 aliphatic carbocycles. The molecule has 116 valence electrons. The quantitative estimate of drug-likeness (QED) is 0.908. The predicted molar refractivity (Wildman–Crippen MR) is 72.8 cm³/mol. The number of ether oxygens (including phenoxy) is 2. The summed E-state index contributed by atoms with van der Waals surface area (Å²) in [6.07, 6.45) is 0.644. The van der Waals surface area contributed by atoms with Crippen molar-refractivity contribution in [3.8, 4) is 0 Å². The van der Waals surface area contributed by atoms with Crippen molar-refractivity contribution in [1.29, 1.82) is 0 Å². The Morgan fingerprint density at radius 1 is 1.33 bits per heavy atom. The van der Waals surface area contributed by atoms with Gasteiger partial charge in [0.05, 0.1) is 13.2 Å². The molecule has 1 N–H and O–H groups in total. The SMILES string of the molecule is C[C@H](CNC(=O)c1ccc(F)c(F)c1)CC1(C)OCCO1. The van der Waals surface area contributed by atoms with E-state index in [0.29, 0.717) is 26.2 Å². The van der Waals surface area contributed by atoms with Gasteiger partial charge < -0.3 is 14.8 Å². The van der Waals surface area contributed by atoms with Crippen LogP contribution in [0.3, 0.4) is 0 Å². The van der Waals surface area contributed by atoms with Crippen molar-refractivity contribution in [2.75, 3.05) is 19.8 Å². The van der Waals surface area contributed by atoms with Gasteiger partial charge in [0.2, 0.25) is 0 Å². The molecule has 0 bridgehead atoms. The Kier molecular flexibility index (Phi) is 4.90. The molecule has 0 aromatic heterocycles. The minimum absolute atomic E-state index is 0.0979. The number of rotatable bonds is 5. The van der Waals surface area contributed by atoms with Crippen LogP contribution in [0.2, 0.25) is 0 Å². The summed E-state index contributed by atoms with van der Waals surface area (Å²) < 4.78 is 36.9. The van der Waals surface area contributed by atoms with Crippen molar-refractivity contribution >= 4 is 5.91 Å². The fourth-order valence-corrected chi connectivity index (χ4v) is 2.39. The van der Waals surface area contributed by atoms with Crippen molar-refractivity contribution in [3.63, 3.8) is 0 Å². The summed E-state index contributed by atoms with van der Waals surface area (Å²) in [5, 5.41) is 2.70. The maximum Gasteiger partial charge on any atom is 0.251 e. The zero-order valence-electron chi connectivity index (χ0n) is 12.1. The molecule has 6 heteroatoms. The number of nitrogens with one attached hydrogen (secondary N) is 1. The van der Waals surface area contributed by atoms with E-state index in [9.17, 15) is 13.6 Å². The van der Waals surface area contributed by atoms with Gasteiger partial charge in [0.1, 0.15) is 0 Å². The highest BCUT2D eigenvalue weighted by Gasteiger charge is 2.32. The summed E-state index contributed by atoms with van der Waals surface area (Å²) >= 11 is 0. The molecule has 0 spiro atoms. The largest absolute Gasteiger partial charge is 0.352 e. The number of hydrogen-bond acceptors (Lipinski definition) is 3. The highest BCUT2D eigenvalue weighted by atomic mass is 19.2. The molecule has 1 heterocycles. The Balaban J connectivity index is 1.84. The lowest BCUT2D eigenvalue weighted by atomic mass is 10.0. The number of carbonyl (C=O) groups is 1. The topological polar surface area (TPSA) is 47.6 Å². The van der Waals surface area contributed by atoms with Crippen LogP contribution in [0.5, 0.6) is 0 Å². The Labute approximate surface area is 122 Å². The molecule has 0 radical (unpaired) electrons. The van der Waals surface area contributed by atoms with Crippen LogP contribution >= 0.6 is 0 Å². The highest BCUT2D eigenvalue weighted by molar-refractivity contribution is 5.94. The second kappa shape index (κ2) is 6.49. The summed E-state index contributed by atoms with van der Waals surface area (Å²) in [7, 11) is 0. The highest BCUT2D eigenvalue weighted by Crippen LogP contribution is 2.26. The first-order chi connectivity index (χ1) is 9.89. The first-order valence-corrected chi connectivity index (χ1v) is 6.91. The molecule has 0 unspecified atom stereocenters. The zero-order chi connectivity index (χ0) is 15.5. The molecule has 1 aromatic rings. The lowest BCUT2D eigenvalue weighted by Crippen LogP contribution is -2.34. The molecule has 2 rings (SSSR count). The molecular formula is C15H19F2NO3. The third-order valence-corrected chi connectivity index (χ3v) is 3.41. The average molecular weight is 299 g/mol. The standard InChI is InChI=1S/C15H19F2NO3/c1-10(8-15(2)20-5-6-21-15)9-18-14(19)11-3-4-12(16)13(17)7-11/h3-4,7,10H,5-6,8-9H2,1-2H3,(H,18,19)/t10-/m0/s1. The Morgan fingerprint density at radius 3 is 2.62 bits per heavy atom. The van der Waals surface area contributed by atoms with E-state index in [0.717, 1.165) is 12.1 Å². The van der Waals surface area contributed by atoms with Crippen LogP contribution in [0.15, 0.2) is 18.2 Å². The van der Waals surface area contributed by atoms with E-state index in [1.54, 1.807) is 0 Å². The van der Waals surface area contributed by atoms with Crippen molar-refractivity contribution in [2.24, 2.45) is 5.92 Å². The van der Waals surface area contributed by atoms with Gasteiger partial charge in [-0.1, -0.05) is 6.92 Å². The number of benzene rings is 1. The van der Waals surface area contributed by atoms with Crippen LogP contribution in [0, 0.1) is 17.6 Å². The van der Waals surface area contributed by atoms with Gasteiger partial charge in [-0.15, -0.1) is 0 Å². The van der Waals surface area contributed by atoms with Crippen LogP contribution < -0.4 is 5.32 Å². The summed E-state index contributed by atoms with van der Waals surface area (Å²) in [5.74, 6) is -2.91. The summed E-state index contributed by atoms with van der Waals surface area (Å²) in [6.45, 7) is 5.38. The Hall–Kier alpha value is -1.53. The molecule has 0 saturated carbocycles. The summed E-state index contributed by atoms with van der Waals surface area (Å²) in [4.78, 5) is 11.9. The molecule has 4 nitrogen and oxygen atoms in total. The second-order valence-corrected chi connectivity index (χ2v) is 5.48. The maximum absolute atomic E-state index is 13.1. The van der Waals surface area contributed by atoms with E-state index >= 15 is 0 Å². The van der Waals surface area contributed by atoms with Gasteiger partial charge in [0, 0.05) is 18.5 Å². The predicted octanol–water partition coefficient (Wildman–Crippen LogP) is 2.48. The van der Waals surface area contributed by atoms with Crippen molar-refractivity contribution in [3.05, 3.63) is 35.4 Å². The van der Waals surface area contributed by atoms with E-state index in [-0.39, 0.29) is 11.5 Å². The molecule has 1 saturated heterocycles. The van der Waals surface area contributed by atoms with Crippen LogP contribution in [-0.4, -0.2) is 31.5 Å². The minimum atomic E-state index is -1.03. The number of hydrogen-bond donors (Lipinski definition) is 1. The van der Waals surface area contributed by atoms with Crippen LogP contribution in [-0.2, 0) is 9.47 Å². The van der Waals surface area contributed by atoms with E-state index in [2.05, 4.69) is 5.32 Å². The van der Waals surface area contributed by atoms with Gasteiger partial charge in [-0.05, 0) is 31.0 Å². The van der Waals surface area contributed by atoms with Crippen LogP contribution in [0.4, 0.5) is 8.78 Å². The van der Waals surface area contributed by atoms with Gasteiger partial charge in [0.25, 0.3) is 5.91 Å². The van der Waals surface area contributed by atoms with Gasteiger partial charge in [-0.2, -0.15) is 0 Å². The second-order valence-electron chi connectivity index (χ2n) is 5.48. The lowest BCUT2D eigenvalue weighted by Gasteiger charge is -2.26. The van der Waals surface area contributed by atoms with Gasteiger partial charge in [-0.25, -0.2) is 8.78 Å². The van der Waals surface area contributed by atoms with Crippen LogP contribution in [0.25, 0.3) is 0 Å². The van der Waals surface area contributed by atoms with E-state index in [1.165, 1.54) is 6.07 Å². The molecule has 21 heavy (non-hydrogen) atoms. The van der Waals surface area contributed by atoms with E-state index < -0.39 is 23.3 Å². The molecule has 1 fully saturated rings. The van der Waals surface area contributed by atoms with E-state index in [4.69, 9.17) is 9.47 Å². The molecule has 1 amide bonds. The normalized spacial score (nSPS) is 18.5. The fraction of sp³-hybridized carbons (Fsp3) is 0.533. The Morgan fingerprint density at radius 2 is 2.00 bits per heavy atom. The Bertz CT molecular complexity index is 516. The third-order valence-electron chi connectivity index (χ3n) is 3.41. The van der Waals surface area contributed by atoms with E-state index in [1.807, 2.05) is 13.8 Å². The molecular weight excluding hydrogens is 280 g/mol. The van der Waals surface area contributed by atoms with Gasteiger partial charge in [-0.3, -0.25) is 4.79 Å². The van der Waals surface area contributed by atoms with Gasteiger partial charge in [0.15, 0.2) is 17.4 Å². The first kappa shape index (κ1) is 15.9. The summed E-state index contributed by atoms with van der Waals surface area (Å²) in [6, 6.07) is 3.08. The third kappa shape index (κ3) is 4.22. The smallest absolute Gasteiger partial charge is 0.251 e. The molecule has 1 aliphatic rings. The average Bonchev–Trinajstić information content (AvgIpc) is 2.85. The molecule has 1 atom stereocenters. The molecule has 1 aliphatic heterocycles. The number of amides is 1. The van der Waals surface area contributed by atoms with Crippen LogP contribution in [0.1, 0.15) is 30.6 Å².